The van der Waals surface area contributed by atoms with E-state index in [2.05, 4.69) is 10.1 Å². The minimum atomic E-state index is -3.93. The molecular weight excluding hydrogens is 436 g/mol. The second-order valence-corrected chi connectivity index (χ2v) is 8.41. The summed E-state index contributed by atoms with van der Waals surface area (Å²) in [5, 5.41) is 4.25. The third-order valence-electron chi connectivity index (χ3n) is 4.44. The summed E-state index contributed by atoms with van der Waals surface area (Å²) in [4.78, 5) is 38.2. The molecular formula is C21H16N4O6S. The van der Waals surface area contributed by atoms with Crippen LogP contribution in [0.1, 0.15) is 12.7 Å². The van der Waals surface area contributed by atoms with Gasteiger partial charge in [0.05, 0.1) is 22.0 Å². The van der Waals surface area contributed by atoms with Crippen LogP contribution in [0.25, 0.3) is 22.2 Å². The van der Waals surface area contributed by atoms with Crippen LogP contribution < -0.4 is 16.0 Å². The number of aromatic amines is 1. The quantitative estimate of drug-likeness (QED) is 0.441. The summed E-state index contributed by atoms with van der Waals surface area (Å²) in [6.45, 7) is 1.11. The van der Waals surface area contributed by atoms with E-state index in [-0.39, 0.29) is 10.7 Å². The predicted octanol–water partition coefficient (Wildman–Crippen LogP) is 1.66. The smallest absolute Gasteiger partial charge is 0.349 e. The molecule has 10 nitrogen and oxygen atoms in total. The molecule has 0 atom stereocenters. The Bertz CT molecular complexity index is 1580. The van der Waals surface area contributed by atoms with Gasteiger partial charge in [-0.1, -0.05) is 12.1 Å². The first-order valence-corrected chi connectivity index (χ1v) is 10.7. The number of fused-ring (bicyclic) bond motifs is 1. The van der Waals surface area contributed by atoms with Crippen LogP contribution in [0.3, 0.4) is 0 Å². The van der Waals surface area contributed by atoms with E-state index in [1.165, 1.54) is 30.5 Å². The molecule has 0 unspecified atom stereocenters. The lowest BCUT2D eigenvalue weighted by Gasteiger charge is -2.05. The number of hydrogen-bond acceptors (Lipinski definition) is 7. The number of hydrogen-bond donors (Lipinski definition) is 2. The molecule has 0 aliphatic heterocycles. The van der Waals surface area contributed by atoms with Gasteiger partial charge in [0.1, 0.15) is 11.5 Å². The van der Waals surface area contributed by atoms with E-state index in [0.717, 1.165) is 6.92 Å². The Kier molecular flexibility index (Phi) is 5.33. The molecule has 0 saturated heterocycles. The van der Waals surface area contributed by atoms with E-state index in [0.29, 0.717) is 26.9 Å². The van der Waals surface area contributed by atoms with Crippen molar-refractivity contribution in [1.29, 1.82) is 0 Å². The molecule has 4 rings (SSSR count). The van der Waals surface area contributed by atoms with Crippen LogP contribution in [0.4, 0.5) is 0 Å². The summed E-state index contributed by atoms with van der Waals surface area (Å²) in [5.41, 5.74) is -0.263. The maximum atomic E-state index is 12.5. The highest BCUT2D eigenvalue weighted by Gasteiger charge is 2.15. The zero-order chi connectivity index (χ0) is 22.9. The van der Waals surface area contributed by atoms with Gasteiger partial charge in [-0.3, -0.25) is 9.59 Å². The normalized spacial score (nSPS) is 11.8. The van der Waals surface area contributed by atoms with Crippen LogP contribution in [0.15, 0.2) is 84.7 Å². The molecule has 32 heavy (non-hydrogen) atoms. The molecule has 2 aromatic heterocycles. The molecule has 0 aliphatic carbocycles. The van der Waals surface area contributed by atoms with Crippen molar-refractivity contribution in [2.45, 2.75) is 11.8 Å². The van der Waals surface area contributed by atoms with E-state index in [4.69, 9.17) is 4.42 Å². The lowest BCUT2D eigenvalue weighted by molar-refractivity contribution is -0.117. The van der Waals surface area contributed by atoms with Crippen molar-refractivity contribution >= 4 is 33.0 Å². The standard InChI is InChI=1S/C21H16N4O6S/c1-13(26)24-32(29,30)16-9-6-14(7-10-16)19-11-8-15(31-19)12-22-25-20(27)17-4-2-3-5-18(17)23-21(25)28/h2-12H,1H3,(H,23,28)(H,24,26). The Labute approximate surface area is 180 Å². The van der Waals surface area contributed by atoms with Crippen LogP contribution in [0.2, 0.25) is 0 Å². The van der Waals surface area contributed by atoms with Gasteiger partial charge in [-0.15, -0.1) is 4.68 Å². The summed E-state index contributed by atoms with van der Waals surface area (Å²) in [6, 6.07) is 15.5. The number of sulfonamides is 1. The van der Waals surface area contributed by atoms with Gasteiger partial charge < -0.3 is 9.40 Å². The lowest BCUT2D eigenvalue weighted by Crippen LogP contribution is -2.32. The number of aromatic nitrogens is 2. The number of nitrogens with zero attached hydrogens (tertiary/aromatic N) is 2. The van der Waals surface area contributed by atoms with Gasteiger partial charge in [0.25, 0.3) is 15.6 Å². The molecule has 0 aliphatic rings. The van der Waals surface area contributed by atoms with Gasteiger partial charge in [0.2, 0.25) is 5.91 Å². The molecule has 162 valence electrons. The number of amides is 1. The summed E-state index contributed by atoms with van der Waals surface area (Å²) in [7, 11) is -3.93. The number of carbonyl (C=O) groups excluding carboxylic acids is 1. The summed E-state index contributed by atoms with van der Waals surface area (Å²) in [5.74, 6) is -0.00232. The van der Waals surface area contributed by atoms with Gasteiger partial charge >= 0.3 is 5.69 Å². The first-order chi connectivity index (χ1) is 15.2. The van der Waals surface area contributed by atoms with Gasteiger partial charge in [-0.05, 0) is 48.5 Å². The minimum absolute atomic E-state index is 0.0697. The highest BCUT2D eigenvalue weighted by Crippen LogP contribution is 2.23. The number of rotatable bonds is 5. The average molecular weight is 452 g/mol. The largest absolute Gasteiger partial charge is 0.455 e. The van der Waals surface area contributed by atoms with E-state index < -0.39 is 27.2 Å². The van der Waals surface area contributed by atoms with Crippen molar-refractivity contribution in [2.75, 3.05) is 0 Å². The number of para-hydroxylation sites is 1. The molecule has 0 saturated carbocycles. The van der Waals surface area contributed by atoms with E-state index in [1.807, 2.05) is 4.72 Å². The van der Waals surface area contributed by atoms with Crippen molar-refractivity contribution in [3.8, 4) is 11.3 Å². The number of furan rings is 1. The molecule has 2 heterocycles. The molecule has 2 aromatic carbocycles. The average Bonchev–Trinajstić information content (AvgIpc) is 3.22. The Morgan fingerprint density at radius 3 is 2.50 bits per heavy atom. The van der Waals surface area contributed by atoms with Crippen LogP contribution in [0, 0.1) is 0 Å². The molecule has 2 N–H and O–H groups in total. The molecule has 0 spiro atoms. The van der Waals surface area contributed by atoms with Crippen molar-refractivity contribution in [1.82, 2.24) is 14.4 Å². The number of carbonyl (C=O) groups is 1. The Balaban J connectivity index is 1.59. The SMILES string of the molecule is CC(=O)NS(=O)(=O)c1ccc(-c2ccc(C=Nn3c(=O)[nH]c4ccccc4c3=O)o2)cc1. The third-order valence-corrected chi connectivity index (χ3v) is 5.89. The second-order valence-electron chi connectivity index (χ2n) is 6.73. The third kappa shape index (κ3) is 4.14. The fraction of sp³-hybridized carbons (Fsp3) is 0.0476. The molecule has 0 fully saturated rings. The molecule has 0 radical (unpaired) electrons. The maximum Gasteiger partial charge on any atom is 0.349 e. The Hall–Kier alpha value is -4.25. The lowest BCUT2D eigenvalue weighted by atomic mass is 10.2. The maximum absolute atomic E-state index is 12.5. The van der Waals surface area contributed by atoms with E-state index in [1.54, 1.807) is 36.4 Å². The van der Waals surface area contributed by atoms with Crippen molar-refractivity contribution in [2.24, 2.45) is 5.10 Å². The number of nitrogens with one attached hydrogen (secondary N) is 2. The second kappa shape index (κ2) is 8.12. The van der Waals surface area contributed by atoms with Crippen LogP contribution >= 0.6 is 0 Å². The monoisotopic (exact) mass is 452 g/mol. The van der Waals surface area contributed by atoms with Gasteiger partial charge in [-0.25, -0.2) is 17.9 Å². The Morgan fingerprint density at radius 1 is 1.06 bits per heavy atom. The van der Waals surface area contributed by atoms with E-state index >= 15 is 0 Å². The van der Waals surface area contributed by atoms with Gasteiger partial charge in [0, 0.05) is 12.5 Å². The first kappa shape index (κ1) is 21.0. The first-order valence-electron chi connectivity index (χ1n) is 9.27. The van der Waals surface area contributed by atoms with Crippen LogP contribution in [-0.2, 0) is 14.8 Å². The molecule has 0 bridgehead atoms. The molecule has 4 aromatic rings. The Morgan fingerprint density at radius 2 is 1.78 bits per heavy atom. The molecule has 1 amide bonds. The van der Waals surface area contributed by atoms with Crippen molar-refractivity contribution in [3.63, 3.8) is 0 Å². The topological polar surface area (TPSA) is 144 Å². The predicted molar refractivity (Wildman–Crippen MR) is 117 cm³/mol. The summed E-state index contributed by atoms with van der Waals surface area (Å²) < 4.78 is 32.3. The summed E-state index contributed by atoms with van der Waals surface area (Å²) in [6.07, 6.45) is 1.23. The minimum Gasteiger partial charge on any atom is -0.455 e. The fourth-order valence-corrected chi connectivity index (χ4v) is 3.99. The number of benzene rings is 2. The van der Waals surface area contributed by atoms with Crippen molar-refractivity contribution in [3.05, 3.63) is 87.3 Å². The fourth-order valence-electron chi connectivity index (χ4n) is 3.00. The van der Waals surface area contributed by atoms with E-state index in [9.17, 15) is 22.8 Å². The summed E-state index contributed by atoms with van der Waals surface area (Å²) >= 11 is 0. The zero-order valence-electron chi connectivity index (χ0n) is 16.6. The number of H-pyrrole nitrogens is 1. The van der Waals surface area contributed by atoms with Crippen LogP contribution in [0.5, 0.6) is 0 Å². The van der Waals surface area contributed by atoms with Crippen LogP contribution in [-0.4, -0.2) is 30.2 Å². The van der Waals surface area contributed by atoms with Crippen molar-refractivity contribution < 1.29 is 17.6 Å². The van der Waals surface area contributed by atoms with Gasteiger partial charge in [0.15, 0.2) is 0 Å². The highest BCUT2D eigenvalue weighted by atomic mass is 32.2. The van der Waals surface area contributed by atoms with Gasteiger partial charge in [-0.2, -0.15) is 5.10 Å². The molecule has 11 heteroatoms. The highest BCUT2D eigenvalue weighted by molar-refractivity contribution is 7.90. The zero-order valence-corrected chi connectivity index (χ0v) is 17.4.